The molecule has 0 N–H and O–H groups in total. The van der Waals surface area contributed by atoms with Gasteiger partial charge in [0.15, 0.2) is 5.43 Å². The van der Waals surface area contributed by atoms with Crippen LogP contribution < -0.4 is 15.1 Å². The lowest BCUT2D eigenvalue weighted by atomic mass is 9.98. The average molecular weight is 405 g/mol. The molecule has 1 aliphatic rings. The van der Waals surface area contributed by atoms with E-state index in [-0.39, 0.29) is 11.2 Å². The van der Waals surface area contributed by atoms with Crippen LogP contribution in [-0.4, -0.2) is 23.2 Å². The Bertz CT molecular complexity index is 1310. The van der Waals surface area contributed by atoms with Crippen molar-refractivity contribution in [3.8, 4) is 5.75 Å². The molecule has 4 aromatic rings. The smallest absolute Gasteiger partial charge is 0.297 e. The van der Waals surface area contributed by atoms with Crippen molar-refractivity contribution in [3.05, 3.63) is 80.6 Å². The third-order valence-electron chi connectivity index (χ3n) is 4.93. The maximum absolute atomic E-state index is 13.4. The molecule has 0 radical (unpaired) electrons. The van der Waals surface area contributed by atoms with Crippen molar-refractivity contribution in [2.75, 3.05) is 12.0 Å². The van der Waals surface area contributed by atoms with Gasteiger partial charge in [-0.3, -0.25) is 14.5 Å². The average Bonchev–Trinajstić information content (AvgIpc) is 3.29. The number of para-hydroxylation sites is 1. The highest BCUT2D eigenvalue weighted by molar-refractivity contribution is 7.15. The molecule has 144 valence electrons. The number of carbonyl (C=O) groups excluding carboxylic acids is 1. The molecule has 0 spiro atoms. The molecule has 0 aliphatic carbocycles. The Morgan fingerprint density at radius 3 is 2.52 bits per heavy atom. The molecule has 1 atom stereocenters. The van der Waals surface area contributed by atoms with E-state index in [1.54, 1.807) is 43.5 Å². The summed E-state index contributed by atoms with van der Waals surface area (Å²) in [4.78, 5) is 28.2. The van der Waals surface area contributed by atoms with E-state index in [1.807, 2.05) is 19.1 Å². The zero-order valence-corrected chi connectivity index (χ0v) is 16.4. The van der Waals surface area contributed by atoms with E-state index in [9.17, 15) is 9.59 Å². The molecule has 0 fully saturated rings. The lowest BCUT2D eigenvalue weighted by molar-refractivity contribution is 0.0970. The van der Waals surface area contributed by atoms with Crippen molar-refractivity contribution >= 4 is 33.3 Å². The molecule has 0 saturated carbocycles. The van der Waals surface area contributed by atoms with Gasteiger partial charge < -0.3 is 9.15 Å². The first-order chi connectivity index (χ1) is 14.1. The number of carbonyl (C=O) groups is 1. The zero-order valence-electron chi connectivity index (χ0n) is 15.6. The van der Waals surface area contributed by atoms with Gasteiger partial charge in [-0.15, -0.1) is 10.2 Å². The van der Waals surface area contributed by atoms with Crippen molar-refractivity contribution < 1.29 is 13.9 Å². The number of aromatic nitrogens is 2. The minimum atomic E-state index is -0.656. The van der Waals surface area contributed by atoms with Crippen LogP contribution in [0.5, 0.6) is 5.75 Å². The Balaban J connectivity index is 1.79. The number of methoxy groups -OCH3 is 1. The third kappa shape index (κ3) is 2.64. The SMILES string of the molecule is COc1ccc(C2c3c(oc4ccccc4c3=O)C(=O)N2c2nnc(C)s2)cc1. The molecule has 3 heterocycles. The Morgan fingerprint density at radius 1 is 1.07 bits per heavy atom. The number of hydrogen-bond acceptors (Lipinski definition) is 7. The van der Waals surface area contributed by atoms with E-state index in [4.69, 9.17) is 9.15 Å². The minimum absolute atomic E-state index is 0.0439. The molecule has 5 rings (SSSR count). The van der Waals surface area contributed by atoms with E-state index in [0.29, 0.717) is 27.4 Å². The second-order valence-electron chi connectivity index (χ2n) is 6.62. The van der Waals surface area contributed by atoms with Crippen molar-refractivity contribution in [2.24, 2.45) is 0 Å². The standard InChI is InChI=1S/C21H15N3O4S/c1-11-22-23-21(29-11)24-17(12-7-9-13(27-2)10-8-12)16-18(25)14-5-3-4-6-15(14)28-19(16)20(24)26/h3-10,17H,1-2H3. The summed E-state index contributed by atoms with van der Waals surface area (Å²) in [5.41, 5.74) is 1.23. The van der Waals surface area contributed by atoms with E-state index >= 15 is 0 Å². The van der Waals surface area contributed by atoms with Crippen molar-refractivity contribution in [2.45, 2.75) is 13.0 Å². The van der Waals surface area contributed by atoms with Crippen LogP contribution in [0.2, 0.25) is 0 Å². The van der Waals surface area contributed by atoms with Gasteiger partial charge in [0.05, 0.1) is 24.1 Å². The summed E-state index contributed by atoms with van der Waals surface area (Å²) < 4.78 is 11.1. The van der Waals surface area contributed by atoms with Crippen LogP contribution in [0.3, 0.4) is 0 Å². The molecule has 2 aromatic carbocycles. The van der Waals surface area contributed by atoms with Crippen LogP contribution in [0.15, 0.2) is 57.7 Å². The summed E-state index contributed by atoms with van der Waals surface area (Å²) in [7, 11) is 1.58. The number of aryl methyl sites for hydroxylation is 1. The van der Waals surface area contributed by atoms with Gasteiger partial charge in [0, 0.05) is 0 Å². The van der Waals surface area contributed by atoms with Gasteiger partial charge in [0.25, 0.3) is 5.91 Å². The Kier molecular flexibility index (Phi) is 3.95. The summed E-state index contributed by atoms with van der Waals surface area (Å²) in [6.45, 7) is 1.81. The van der Waals surface area contributed by atoms with Gasteiger partial charge in [0.1, 0.15) is 16.3 Å². The van der Waals surface area contributed by atoms with Crippen LogP contribution in [0.1, 0.15) is 32.7 Å². The molecule has 1 aliphatic heterocycles. The van der Waals surface area contributed by atoms with Crippen molar-refractivity contribution in [1.29, 1.82) is 0 Å². The molecule has 7 nitrogen and oxygen atoms in total. The highest BCUT2D eigenvalue weighted by Gasteiger charge is 2.45. The van der Waals surface area contributed by atoms with Crippen LogP contribution in [0.25, 0.3) is 11.0 Å². The zero-order chi connectivity index (χ0) is 20.1. The molecule has 1 amide bonds. The number of benzene rings is 2. The molecule has 8 heteroatoms. The summed E-state index contributed by atoms with van der Waals surface area (Å²) >= 11 is 1.29. The molecule has 29 heavy (non-hydrogen) atoms. The number of anilines is 1. The lowest BCUT2D eigenvalue weighted by Gasteiger charge is -2.22. The summed E-state index contributed by atoms with van der Waals surface area (Å²) in [6, 6.07) is 13.5. The highest BCUT2D eigenvalue weighted by atomic mass is 32.1. The van der Waals surface area contributed by atoms with Crippen LogP contribution in [0.4, 0.5) is 5.13 Å². The maximum atomic E-state index is 13.4. The Hall–Kier alpha value is -3.52. The van der Waals surface area contributed by atoms with Crippen molar-refractivity contribution in [1.82, 2.24) is 10.2 Å². The van der Waals surface area contributed by atoms with Gasteiger partial charge in [-0.05, 0) is 36.8 Å². The third-order valence-corrected chi connectivity index (χ3v) is 5.77. The summed E-state index contributed by atoms with van der Waals surface area (Å²) in [6.07, 6.45) is 0. The Morgan fingerprint density at radius 2 is 1.83 bits per heavy atom. The summed E-state index contributed by atoms with van der Waals surface area (Å²) in [5.74, 6) is 0.323. The first-order valence-corrected chi connectivity index (χ1v) is 9.73. The number of nitrogens with zero attached hydrogens (tertiary/aromatic N) is 3. The number of fused-ring (bicyclic) bond motifs is 2. The fourth-order valence-corrected chi connectivity index (χ4v) is 4.32. The van der Waals surface area contributed by atoms with Crippen LogP contribution in [-0.2, 0) is 0 Å². The molecular formula is C21H15N3O4S. The number of rotatable bonds is 3. The van der Waals surface area contributed by atoms with Gasteiger partial charge in [-0.25, -0.2) is 0 Å². The normalized spacial score (nSPS) is 15.7. The van der Waals surface area contributed by atoms with Gasteiger partial charge in [0.2, 0.25) is 10.9 Å². The first-order valence-electron chi connectivity index (χ1n) is 8.92. The molecule has 2 aromatic heterocycles. The van der Waals surface area contributed by atoms with E-state index in [1.165, 1.54) is 16.2 Å². The van der Waals surface area contributed by atoms with E-state index in [0.717, 1.165) is 10.6 Å². The van der Waals surface area contributed by atoms with E-state index < -0.39 is 11.9 Å². The van der Waals surface area contributed by atoms with Gasteiger partial charge in [-0.1, -0.05) is 35.6 Å². The van der Waals surface area contributed by atoms with Gasteiger partial charge in [-0.2, -0.15) is 0 Å². The number of amides is 1. The summed E-state index contributed by atoms with van der Waals surface area (Å²) in [5, 5.41) is 9.76. The lowest BCUT2D eigenvalue weighted by Crippen LogP contribution is -2.29. The van der Waals surface area contributed by atoms with E-state index in [2.05, 4.69) is 10.2 Å². The van der Waals surface area contributed by atoms with Crippen LogP contribution >= 0.6 is 11.3 Å². The molecular weight excluding hydrogens is 390 g/mol. The molecule has 0 saturated heterocycles. The van der Waals surface area contributed by atoms with Crippen molar-refractivity contribution in [3.63, 3.8) is 0 Å². The topological polar surface area (TPSA) is 85.5 Å². The minimum Gasteiger partial charge on any atom is -0.497 e. The quantitative estimate of drug-likeness (QED) is 0.517. The van der Waals surface area contributed by atoms with Crippen LogP contribution in [0, 0.1) is 6.92 Å². The molecule has 1 unspecified atom stereocenters. The monoisotopic (exact) mass is 405 g/mol. The first kappa shape index (κ1) is 17.6. The fraction of sp³-hybridized carbons (Fsp3) is 0.143. The number of hydrogen-bond donors (Lipinski definition) is 0. The Labute approximate surface area is 169 Å². The largest absolute Gasteiger partial charge is 0.497 e. The second kappa shape index (κ2) is 6.52. The second-order valence-corrected chi connectivity index (χ2v) is 7.78. The molecule has 0 bridgehead atoms. The number of ether oxygens (including phenoxy) is 1. The highest BCUT2D eigenvalue weighted by Crippen LogP contribution is 2.42. The fourth-order valence-electron chi connectivity index (χ4n) is 3.60. The predicted molar refractivity (Wildman–Crippen MR) is 109 cm³/mol. The predicted octanol–water partition coefficient (Wildman–Crippen LogP) is 3.71. The van der Waals surface area contributed by atoms with Gasteiger partial charge >= 0.3 is 0 Å². The maximum Gasteiger partial charge on any atom is 0.297 e.